The van der Waals surface area contributed by atoms with Crippen LogP contribution in [0.1, 0.15) is 134 Å². The number of hydrogen-bond acceptors (Lipinski definition) is 5. The lowest BCUT2D eigenvalue weighted by atomic mass is 9.93. The Hall–Kier alpha value is -1.49. The Morgan fingerprint density at radius 2 is 1.32 bits per heavy atom. The van der Waals surface area contributed by atoms with Gasteiger partial charge in [0, 0.05) is 12.0 Å². The Kier molecular flexibility index (Phi) is 13.7. The third-order valence-electron chi connectivity index (χ3n) is 7.51. The topological polar surface area (TPSA) is 137 Å². The van der Waals surface area contributed by atoms with Crippen molar-refractivity contribution >= 4 is 31.3 Å². The van der Waals surface area contributed by atoms with E-state index in [1.165, 1.54) is 77.2 Å². The van der Waals surface area contributed by atoms with Crippen LogP contribution in [0, 0.1) is 0 Å². The number of benzene rings is 1. The first-order valence-electron chi connectivity index (χ1n) is 14.4. The molecule has 1 aromatic carbocycles. The molecule has 0 spiro atoms. The first-order chi connectivity index (χ1) is 17.9. The van der Waals surface area contributed by atoms with E-state index in [2.05, 4.69) is 16.9 Å². The van der Waals surface area contributed by atoms with Crippen molar-refractivity contribution in [1.29, 1.82) is 0 Å². The minimum absolute atomic E-state index is 0.128. The molecule has 10 heteroatoms. The molecular formula is C28H48N2O6S2. The number of imidazole rings is 1. The van der Waals surface area contributed by atoms with Crippen molar-refractivity contribution in [2.75, 3.05) is 0 Å². The van der Waals surface area contributed by atoms with Gasteiger partial charge in [0.2, 0.25) is 0 Å². The molecule has 0 fully saturated rings. The number of aryl methyl sites for hydroxylation is 1. The molecule has 0 aliphatic heterocycles. The van der Waals surface area contributed by atoms with Crippen LogP contribution >= 0.6 is 0 Å². The summed E-state index contributed by atoms with van der Waals surface area (Å²) in [7, 11) is -8.56. The summed E-state index contributed by atoms with van der Waals surface area (Å²) >= 11 is 0. The van der Waals surface area contributed by atoms with Crippen molar-refractivity contribution < 1.29 is 25.9 Å². The molecule has 2 rings (SSSR count). The van der Waals surface area contributed by atoms with Crippen LogP contribution in [0.4, 0.5) is 0 Å². The van der Waals surface area contributed by atoms with Crippen LogP contribution < -0.4 is 0 Å². The SMILES string of the molecule is CCCCCCCCCCCCCCCC(C)c1c(S(=O)(=O)O)ccc2[nH]c(CCC(C)S(=O)(=O)O)nc12. The summed E-state index contributed by atoms with van der Waals surface area (Å²) in [4.78, 5) is 7.57. The van der Waals surface area contributed by atoms with Gasteiger partial charge >= 0.3 is 0 Å². The number of fused-ring (bicyclic) bond motifs is 1. The van der Waals surface area contributed by atoms with Gasteiger partial charge in [0.1, 0.15) is 5.82 Å². The fraction of sp³-hybridized carbons (Fsp3) is 0.750. The zero-order valence-electron chi connectivity index (χ0n) is 23.4. The van der Waals surface area contributed by atoms with E-state index in [-0.39, 0.29) is 23.7 Å². The lowest BCUT2D eigenvalue weighted by Gasteiger charge is -2.16. The van der Waals surface area contributed by atoms with E-state index in [1.54, 1.807) is 6.07 Å². The van der Waals surface area contributed by atoms with E-state index in [0.29, 0.717) is 22.4 Å². The van der Waals surface area contributed by atoms with Crippen molar-refractivity contribution in [3.8, 4) is 0 Å². The minimum atomic E-state index is -4.43. The number of H-pyrrole nitrogens is 1. The van der Waals surface area contributed by atoms with Crippen LogP contribution in [0.2, 0.25) is 0 Å². The maximum absolute atomic E-state index is 12.1. The van der Waals surface area contributed by atoms with E-state index in [4.69, 9.17) is 0 Å². The van der Waals surface area contributed by atoms with E-state index < -0.39 is 25.5 Å². The summed E-state index contributed by atoms with van der Waals surface area (Å²) in [5, 5.41) is -0.932. The number of nitrogens with one attached hydrogen (secondary N) is 1. The molecule has 0 saturated heterocycles. The highest BCUT2D eigenvalue weighted by molar-refractivity contribution is 7.86. The van der Waals surface area contributed by atoms with Gasteiger partial charge in [0.05, 0.1) is 21.2 Å². The summed E-state index contributed by atoms with van der Waals surface area (Å²) in [5.74, 6) is 0.383. The number of rotatable bonds is 20. The molecule has 0 bridgehead atoms. The average Bonchev–Trinajstić information content (AvgIpc) is 3.26. The van der Waals surface area contributed by atoms with Gasteiger partial charge in [0.25, 0.3) is 20.2 Å². The predicted molar refractivity (Wildman–Crippen MR) is 154 cm³/mol. The molecule has 2 aromatic rings. The van der Waals surface area contributed by atoms with Gasteiger partial charge < -0.3 is 4.98 Å². The maximum atomic E-state index is 12.1. The zero-order chi connectivity index (χ0) is 28.2. The van der Waals surface area contributed by atoms with Gasteiger partial charge in [-0.25, -0.2) is 4.98 Å². The first-order valence-corrected chi connectivity index (χ1v) is 17.3. The second-order valence-corrected chi connectivity index (χ2v) is 14.1. The molecule has 0 saturated carbocycles. The van der Waals surface area contributed by atoms with Gasteiger partial charge in [-0.2, -0.15) is 16.8 Å². The molecule has 8 nitrogen and oxygen atoms in total. The van der Waals surface area contributed by atoms with Crippen LogP contribution in [-0.2, 0) is 26.7 Å². The second-order valence-electron chi connectivity index (χ2n) is 10.8. The van der Waals surface area contributed by atoms with Crippen LogP contribution in [-0.4, -0.2) is 41.2 Å². The average molecular weight is 573 g/mol. The third-order valence-corrected chi connectivity index (χ3v) is 9.67. The lowest BCUT2D eigenvalue weighted by molar-refractivity contribution is 0.465. The largest absolute Gasteiger partial charge is 0.342 e. The molecule has 3 N–H and O–H groups in total. The third kappa shape index (κ3) is 10.9. The molecule has 0 aliphatic carbocycles. The summed E-state index contributed by atoms with van der Waals surface area (Å²) < 4.78 is 66.0. The Bertz CT molecular complexity index is 1190. The lowest BCUT2D eigenvalue weighted by Crippen LogP contribution is -2.17. The van der Waals surface area contributed by atoms with Gasteiger partial charge in [-0.05, 0) is 37.8 Å². The zero-order valence-corrected chi connectivity index (χ0v) is 25.0. The standard InChI is InChI=1S/C28H48N2O6S2/c1-4-5-6-7-8-9-10-11-12-13-14-15-16-17-22(2)27-25(38(34,35)36)20-19-24-28(27)30-26(29-24)21-18-23(3)37(31,32)33/h19-20,22-23H,4-18,21H2,1-3H3,(H,29,30)(H,31,32,33)(H,34,35,36). The number of unbranched alkanes of at least 4 members (excludes halogenated alkanes) is 12. The van der Waals surface area contributed by atoms with Gasteiger partial charge in [-0.1, -0.05) is 97.3 Å². The molecular weight excluding hydrogens is 524 g/mol. The summed E-state index contributed by atoms with van der Waals surface area (Å²) in [6.45, 7) is 5.63. The quantitative estimate of drug-likeness (QED) is 0.110. The second kappa shape index (κ2) is 15.9. The highest BCUT2D eigenvalue weighted by atomic mass is 32.2. The Balaban J connectivity index is 1.89. The van der Waals surface area contributed by atoms with Crippen LogP contribution in [0.5, 0.6) is 0 Å². The van der Waals surface area contributed by atoms with Crippen molar-refractivity contribution in [1.82, 2.24) is 9.97 Å². The fourth-order valence-corrected chi connectivity index (χ4v) is 6.28. The monoisotopic (exact) mass is 572 g/mol. The minimum Gasteiger partial charge on any atom is -0.342 e. The summed E-state index contributed by atoms with van der Waals surface area (Å²) in [5.41, 5.74) is 1.62. The van der Waals surface area contributed by atoms with Gasteiger partial charge in [0.15, 0.2) is 0 Å². The van der Waals surface area contributed by atoms with Crippen molar-refractivity contribution in [3.05, 3.63) is 23.5 Å². The van der Waals surface area contributed by atoms with Gasteiger partial charge in [-0.3, -0.25) is 9.11 Å². The predicted octanol–water partition coefficient (Wildman–Crippen LogP) is 7.60. The Labute approximate surface area is 229 Å². The molecule has 0 amide bonds. The fourth-order valence-electron chi connectivity index (χ4n) is 5.05. The first kappa shape index (κ1) is 32.7. The van der Waals surface area contributed by atoms with E-state index in [0.717, 1.165) is 25.7 Å². The van der Waals surface area contributed by atoms with Crippen molar-refractivity contribution in [3.63, 3.8) is 0 Å². The molecule has 1 heterocycles. The molecule has 38 heavy (non-hydrogen) atoms. The van der Waals surface area contributed by atoms with Crippen molar-refractivity contribution in [2.24, 2.45) is 0 Å². The van der Waals surface area contributed by atoms with E-state index >= 15 is 0 Å². The molecule has 0 aliphatic rings. The van der Waals surface area contributed by atoms with Gasteiger partial charge in [-0.15, -0.1) is 0 Å². The highest BCUT2D eigenvalue weighted by Crippen LogP contribution is 2.34. The molecule has 218 valence electrons. The molecule has 1 aromatic heterocycles. The summed E-state index contributed by atoms with van der Waals surface area (Å²) in [6.07, 6.45) is 17.6. The van der Waals surface area contributed by atoms with E-state index in [1.807, 2.05) is 6.92 Å². The summed E-state index contributed by atoms with van der Waals surface area (Å²) in [6, 6.07) is 2.97. The Morgan fingerprint density at radius 3 is 1.82 bits per heavy atom. The van der Waals surface area contributed by atoms with E-state index in [9.17, 15) is 25.9 Å². The number of aromatic amines is 1. The normalized spacial score (nSPS) is 14.2. The number of aromatic nitrogens is 2. The van der Waals surface area contributed by atoms with Crippen LogP contribution in [0.25, 0.3) is 11.0 Å². The van der Waals surface area contributed by atoms with Crippen molar-refractivity contribution in [2.45, 2.75) is 140 Å². The maximum Gasteiger partial charge on any atom is 0.294 e. The molecule has 2 atom stereocenters. The smallest absolute Gasteiger partial charge is 0.294 e. The van der Waals surface area contributed by atoms with Crippen LogP contribution in [0.3, 0.4) is 0 Å². The highest BCUT2D eigenvalue weighted by Gasteiger charge is 2.24. The molecule has 0 radical (unpaired) electrons. The van der Waals surface area contributed by atoms with Crippen LogP contribution in [0.15, 0.2) is 17.0 Å². The molecule has 2 unspecified atom stereocenters. The Morgan fingerprint density at radius 1 is 0.789 bits per heavy atom. The number of hydrogen-bond donors (Lipinski definition) is 3. The number of nitrogens with zero attached hydrogens (tertiary/aromatic N) is 1.